The summed E-state index contributed by atoms with van der Waals surface area (Å²) in [6.07, 6.45) is 2.88. The average Bonchev–Trinajstić information content (AvgIpc) is 3.04. The number of furan rings is 1. The number of aromatic hydroxyl groups is 1. The van der Waals surface area contributed by atoms with Crippen molar-refractivity contribution in [3.05, 3.63) is 42.0 Å². The molecule has 1 aromatic heterocycles. The van der Waals surface area contributed by atoms with E-state index in [1.54, 1.807) is 30.0 Å². The van der Waals surface area contributed by atoms with Gasteiger partial charge in [-0.25, -0.2) is 0 Å². The number of thioether (sulfide) groups is 1. The number of ketones is 1. The minimum Gasteiger partial charge on any atom is -0.504 e. The zero-order chi connectivity index (χ0) is 18.7. The second-order valence-electron chi connectivity index (χ2n) is 5.88. The summed E-state index contributed by atoms with van der Waals surface area (Å²) in [6.45, 7) is -0.420. The monoisotopic (exact) mass is 372 g/mol. The highest BCUT2D eigenvalue weighted by Crippen LogP contribution is 2.41. The first-order valence-corrected chi connectivity index (χ1v) is 9.39. The smallest absolute Gasteiger partial charge is 0.161 e. The van der Waals surface area contributed by atoms with Crippen LogP contribution in [-0.2, 0) is 11.2 Å². The number of hydrogen-bond acceptors (Lipinski definition) is 6. The number of ether oxygens (including phenoxy) is 1. The number of aliphatic hydroxyl groups is 1. The van der Waals surface area contributed by atoms with Crippen LogP contribution in [0.3, 0.4) is 0 Å². The van der Waals surface area contributed by atoms with Gasteiger partial charge in [0.2, 0.25) is 0 Å². The van der Waals surface area contributed by atoms with E-state index in [1.807, 2.05) is 24.5 Å². The summed E-state index contributed by atoms with van der Waals surface area (Å²) in [5.74, 6) is 1.01. The van der Waals surface area contributed by atoms with Gasteiger partial charge in [-0.05, 0) is 48.6 Å². The molecule has 136 valence electrons. The van der Waals surface area contributed by atoms with Crippen molar-refractivity contribution < 1.29 is 24.2 Å². The Morgan fingerprint density at radius 3 is 2.73 bits per heavy atom. The van der Waals surface area contributed by atoms with Crippen LogP contribution in [0.15, 0.2) is 45.7 Å². The molecule has 3 aromatic rings. The van der Waals surface area contributed by atoms with Crippen LogP contribution in [0, 0.1) is 0 Å². The molecule has 0 aliphatic carbocycles. The summed E-state index contributed by atoms with van der Waals surface area (Å²) in [7, 11) is 1.51. The van der Waals surface area contributed by atoms with Crippen molar-refractivity contribution in [3.8, 4) is 22.8 Å². The van der Waals surface area contributed by atoms with E-state index in [2.05, 4.69) is 0 Å². The molecule has 0 radical (unpaired) electrons. The minimum atomic E-state index is -0.420. The van der Waals surface area contributed by atoms with E-state index in [9.17, 15) is 9.90 Å². The number of carbonyl (C=O) groups is 1. The molecule has 0 aliphatic rings. The Morgan fingerprint density at radius 2 is 2.04 bits per heavy atom. The molecule has 0 fully saturated rings. The Bertz CT molecular complexity index is 945. The topological polar surface area (TPSA) is 79.9 Å². The molecular weight excluding hydrogens is 352 g/mol. The van der Waals surface area contributed by atoms with Gasteiger partial charge in [-0.2, -0.15) is 0 Å². The van der Waals surface area contributed by atoms with Gasteiger partial charge in [0.1, 0.15) is 18.0 Å². The van der Waals surface area contributed by atoms with Crippen molar-refractivity contribution in [2.75, 3.05) is 20.0 Å². The van der Waals surface area contributed by atoms with Crippen LogP contribution in [0.1, 0.15) is 12.0 Å². The number of phenols is 1. The van der Waals surface area contributed by atoms with E-state index in [0.29, 0.717) is 18.6 Å². The van der Waals surface area contributed by atoms with Crippen LogP contribution in [0.4, 0.5) is 0 Å². The molecule has 0 bridgehead atoms. The van der Waals surface area contributed by atoms with E-state index in [0.717, 1.165) is 32.8 Å². The lowest BCUT2D eigenvalue weighted by Gasteiger charge is -2.06. The molecule has 6 heteroatoms. The summed E-state index contributed by atoms with van der Waals surface area (Å²) in [5.41, 5.74) is 2.59. The van der Waals surface area contributed by atoms with E-state index in [1.165, 1.54) is 7.11 Å². The third-order valence-corrected chi connectivity index (χ3v) is 5.04. The fourth-order valence-corrected chi connectivity index (χ4v) is 3.58. The zero-order valence-corrected chi connectivity index (χ0v) is 15.4. The molecule has 0 amide bonds. The van der Waals surface area contributed by atoms with Crippen molar-refractivity contribution in [2.45, 2.75) is 17.7 Å². The van der Waals surface area contributed by atoms with E-state index in [-0.39, 0.29) is 11.5 Å². The van der Waals surface area contributed by atoms with Gasteiger partial charge in [0, 0.05) is 17.4 Å². The fourth-order valence-electron chi connectivity index (χ4n) is 2.85. The SMILES string of the molecule is COc1cc(-c2oc3ccc(CCC(=O)CO)cc3c2SC)ccc1O. The van der Waals surface area contributed by atoms with Crippen LogP contribution in [-0.4, -0.2) is 36.0 Å². The molecule has 0 spiro atoms. The summed E-state index contributed by atoms with van der Waals surface area (Å²) in [4.78, 5) is 12.3. The summed E-state index contributed by atoms with van der Waals surface area (Å²) < 4.78 is 11.2. The van der Waals surface area contributed by atoms with Crippen molar-refractivity contribution in [1.82, 2.24) is 0 Å². The molecule has 0 atom stereocenters. The van der Waals surface area contributed by atoms with Crippen LogP contribution in [0.5, 0.6) is 11.5 Å². The van der Waals surface area contributed by atoms with E-state index < -0.39 is 6.61 Å². The Morgan fingerprint density at radius 1 is 1.23 bits per heavy atom. The molecule has 26 heavy (non-hydrogen) atoms. The number of aliphatic hydroxyl groups excluding tert-OH is 1. The Hall–Kier alpha value is -2.44. The Kier molecular flexibility index (Phi) is 5.54. The lowest BCUT2D eigenvalue weighted by atomic mass is 10.1. The minimum absolute atomic E-state index is 0.0777. The van der Waals surface area contributed by atoms with Gasteiger partial charge in [-0.1, -0.05) is 6.07 Å². The second-order valence-corrected chi connectivity index (χ2v) is 6.69. The van der Waals surface area contributed by atoms with Gasteiger partial charge in [0.15, 0.2) is 17.3 Å². The maximum absolute atomic E-state index is 11.3. The van der Waals surface area contributed by atoms with Crippen molar-refractivity contribution >= 4 is 28.5 Å². The summed E-state index contributed by atoms with van der Waals surface area (Å²) in [6, 6.07) is 11.0. The number of rotatable bonds is 7. The first-order valence-electron chi connectivity index (χ1n) is 8.16. The Balaban J connectivity index is 2.03. The number of methoxy groups -OCH3 is 1. The van der Waals surface area contributed by atoms with Crippen LogP contribution in [0.2, 0.25) is 0 Å². The highest BCUT2D eigenvalue weighted by Gasteiger charge is 2.17. The Labute approximate surface area is 155 Å². The van der Waals surface area contributed by atoms with Crippen molar-refractivity contribution in [1.29, 1.82) is 0 Å². The predicted molar refractivity (Wildman–Crippen MR) is 102 cm³/mol. The molecule has 0 saturated carbocycles. The van der Waals surface area contributed by atoms with Gasteiger partial charge in [0.05, 0.1) is 12.0 Å². The van der Waals surface area contributed by atoms with Crippen LogP contribution >= 0.6 is 11.8 Å². The van der Waals surface area contributed by atoms with Crippen LogP contribution in [0.25, 0.3) is 22.3 Å². The molecule has 5 nitrogen and oxygen atoms in total. The number of Topliss-reactive ketones (excluding diaryl/α,β-unsaturated/α-hetero) is 1. The molecular formula is C20H20O5S. The molecule has 3 rings (SSSR count). The van der Waals surface area contributed by atoms with E-state index >= 15 is 0 Å². The molecule has 2 N–H and O–H groups in total. The number of benzene rings is 2. The number of fused-ring (bicyclic) bond motifs is 1. The second kappa shape index (κ2) is 7.85. The zero-order valence-electron chi connectivity index (χ0n) is 14.6. The quantitative estimate of drug-likeness (QED) is 0.610. The largest absolute Gasteiger partial charge is 0.504 e. The normalized spacial score (nSPS) is 11.0. The highest BCUT2D eigenvalue weighted by atomic mass is 32.2. The third kappa shape index (κ3) is 3.57. The maximum Gasteiger partial charge on any atom is 0.161 e. The summed E-state index contributed by atoms with van der Waals surface area (Å²) in [5, 5.41) is 19.6. The molecule has 2 aromatic carbocycles. The van der Waals surface area contributed by atoms with Crippen molar-refractivity contribution in [2.24, 2.45) is 0 Å². The van der Waals surface area contributed by atoms with Gasteiger partial charge in [-0.15, -0.1) is 11.8 Å². The molecule has 1 heterocycles. The number of phenolic OH excluding ortho intramolecular Hbond substituents is 1. The maximum atomic E-state index is 11.3. The predicted octanol–water partition coefficient (Wildman–Crippen LogP) is 4.03. The van der Waals surface area contributed by atoms with Crippen LogP contribution < -0.4 is 4.74 Å². The molecule has 0 saturated heterocycles. The number of aryl methyl sites for hydroxylation is 1. The first-order chi connectivity index (χ1) is 12.6. The van der Waals surface area contributed by atoms with E-state index in [4.69, 9.17) is 14.3 Å². The summed E-state index contributed by atoms with van der Waals surface area (Å²) >= 11 is 1.58. The third-order valence-electron chi connectivity index (χ3n) is 4.22. The highest BCUT2D eigenvalue weighted by molar-refractivity contribution is 7.99. The molecule has 0 unspecified atom stereocenters. The van der Waals surface area contributed by atoms with Gasteiger partial charge < -0.3 is 19.4 Å². The average molecular weight is 372 g/mol. The fraction of sp³-hybridized carbons (Fsp3) is 0.250. The van der Waals surface area contributed by atoms with Gasteiger partial charge in [-0.3, -0.25) is 4.79 Å². The number of hydrogen-bond donors (Lipinski definition) is 2. The standard InChI is InChI=1S/C20H20O5S/c1-24-18-10-13(5-7-16(18)23)19-20(26-2)15-9-12(3-6-14(22)11-21)4-8-17(15)25-19/h4-5,7-10,21,23H,3,6,11H2,1-2H3. The number of carbonyl (C=O) groups excluding carboxylic acids is 1. The molecule has 0 aliphatic heterocycles. The van der Waals surface area contributed by atoms with Gasteiger partial charge in [0.25, 0.3) is 0 Å². The first kappa shape index (κ1) is 18.4. The van der Waals surface area contributed by atoms with Crippen molar-refractivity contribution in [3.63, 3.8) is 0 Å². The van der Waals surface area contributed by atoms with Gasteiger partial charge >= 0.3 is 0 Å². The lowest BCUT2D eigenvalue weighted by Crippen LogP contribution is -2.04. The lowest BCUT2D eigenvalue weighted by molar-refractivity contribution is -0.121.